The van der Waals surface area contributed by atoms with Crippen molar-refractivity contribution >= 4 is 0 Å². The second-order valence-electron chi connectivity index (χ2n) is 1.19. The van der Waals surface area contributed by atoms with Crippen LogP contribution in [0.3, 0.4) is 0 Å². The van der Waals surface area contributed by atoms with Crippen molar-refractivity contribution in [3.05, 3.63) is 35.8 Å². The van der Waals surface area contributed by atoms with Crippen molar-refractivity contribution in [2.75, 3.05) is 0 Å². The first kappa shape index (κ1) is 1.91. The van der Waals surface area contributed by atoms with Crippen molar-refractivity contribution in [3.63, 3.8) is 0 Å². The fourth-order valence-electron chi connectivity index (χ4n) is 0.339. The monoisotopic (exact) mass is 107 g/mol. The van der Waals surface area contributed by atoms with Gasteiger partial charge in [0, 0.05) is 0 Å². The molecule has 0 N–H and O–H groups in total. The van der Waals surface area contributed by atoms with Gasteiger partial charge in [-0.15, -0.1) is 0 Å². The average Bonchev–Trinajstić information content (AvgIpc) is 2.08. The molecule has 0 aromatic heterocycles. The lowest BCUT2D eigenvalue weighted by Gasteiger charge is -1.80. The van der Waals surface area contributed by atoms with Gasteiger partial charge in [-0.2, -0.15) is 5.26 Å². The van der Waals surface area contributed by atoms with Crippen molar-refractivity contribution in [1.82, 2.24) is 0 Å². The summed E-state index contributed by atoms with van der Waals surface area (Å²) in [4.78, 5) is 0. The lowest BCUT2D eigenvalue weighted by Crippen LogP contribution is -1.66. The number of hydrogen-bond donors (Lipinski definition) is 0. The molecule has 1 rings (SSSR count). The summed E-state index contributed by atoms with van der Waals surface area (Å²) < 4.78 is 28.7. The fraction of sp³-hybridized carbons (Fsp3) is 0. The summed E-state index contributed by atoms with van der Waals surface area (Å²) in [6, 6.07) is 1.69. The summed E-state index contributed by atoms with van der Waals surface area (Å²) in [7, 11) is 0. The number of nitriles is 1. The van der Waals surface area contributed by atoms with E-state index in [-0.39, 0.29) is 29.7 Å². The highest BCUT2D eigenvalue weighted by molar-refractivity contribution is 5.27. The molecule has 1 aromatic rings. The molecule has 0 atom stereocenters. The van der Waals surface area contributed by atoms with E-state index in [4.69, 9.17) is 10.7 Å². The largest absolute Gasteiger partial charge is 0.192 e. The van der Waals surface area contributed by atoms with E-state index in [1.165, 1.54) is 0 Å². The summed E-state index contributed by atoms with van der Waals surface area (Å²) >= 11 is 0. The molecule has 0 saturated carbocycles. The van der Waals surface area contributed by atoms with Crippen LogP contribution in [-0.2, 0) is 0 Å². The first-order chi connectivity index (χ1) is 5.57. The van der Waals surface area contributed by atoms with Crippen LogP contribution < -0.4 is 0 Å². The van der Waals surface area contributed by atoms with Gasteiger partial charge in [0.25, 0.3) is 0 Å². The molecule has 0 radical (unpaired) electrons. The smallest absolute Gasteiger partial charge is 0.0991 e. The van der Waals surface area contributed by atoms with Crippen LogP contribution in [0.2, 0.25) is 0 Å². The van der Waals surface area contributed by atoms with E-state index in [9.17, 15) is 0 Å². The van der Waals surface area contributed by atoms with Gasteiger partial charge in [0.05, 0.1) is 17.1 Å². The highest BCUT2D eigenvalue weighted by Crippen LogP contribution is 1.92. The molecule has 1 heteroatoms. The minimum atomic E-state index is -0.362. The SMILES string of the molecule is [2H]c1cc(C#N)c([2H])c([2H])c1[2H]. The predicted molar refractivity (Wildman–Crippen MR) is 31.2 cm³/mol. The zero-order valence-electron chi connectivity index (χ0n) is 8.02. The molecule has 8 heavy (non-hydrogen) atoms. The topological polar surface area (TPSA) is 23.8 Å². The molecule has 0 amide bonds. The van der Waals surface area contributed by atoms with Crippen molar-refractivity contribution in [1.29, 1.82) is 5.26 Å². The van der Waals surface area contributed by atoms with Gasteiger partial charge >= 0.3 is 0 Å². The molecular formula is C7H5N. The predicted octanol–water partition coefficient (Wildman–Crippen LogP) is 1.56. The highest BCUT2D eigenvalue weighted by Gasteiger charge is 1.79. The quantitative estimate of drug-likeness (QED) is 0.493. The standard InChI is InChI=1S/C7H5N/c8-6-7-4-2-1-3-5-7/h1-5H/i1D,2D,3D,4D. The molecule has 1 aromatic carbocycles. The van der Waals surface area contributed by atoms with E-state index in [1.807, 2.05) is 0 Å². The first-order valence-corrected chi connectivity index (χ1v) is 2.05. The molecule has 0 aliphatic rings. The highest BCUT2D eigenvalue weighted by atomic mass is 14.2. The normalized spacial score (nSPS) is 14.9. The molecule has 1 nitrogen and oxygen atoms in total. The lowest BCUT2D eigenvalue weighted by atomic mass is 10.2. The Morgan fingerprint density at radius 3 is 3.12 bits per heavy atom. The second-order valence-corrected chi connectivity index (χ2v) is 1.19. The van der Waals surface area contributed by atoms with Crippen molar-refractivity contribution in [2.45, 2.75) is 0 Å². The maximum absolute atomic E-state index is 8.46. The number of rotatable bonds is 0. The minimum Gasteiger partial charge on any atom is -0.192 e. The van der Waals surface area contributed by atoms with E-state index in [0.29, 0.717) is 0 Å². The molecule has 0 saturated heterocycles. The van der Waals surface area contributed by atoms with E-state index < -0.39 is 0 Å². The maximum atomic E-state index is 8.46. The first-order valence-electron chi connectivity index (χ1n) is 4.05. The van der Waals surface area contributed by atoms with E-state index >= 15 is 0 Å². The van der Waals surface area contributed by atoms with Gasteiger partial charge in [0.1, 0.15) is 0 Å². The second kappa shape index (κ2) is 2.13. The number of benzene rings is 1. The molecule has 0 fully saturated rings. The summed E-state index contributed by atoms with van der Waals surface area (Å²) in [6.45, 7) is 0. The van der Waals surface area contributed by atoms with Crippen LogP contribution in [0.4, 0.5) is 0 Å². The van der Waals surface area contributed by atoms with Crippen LogP contribution in [0.1, 0.15) is 11.0 Å². The molecular weight excluding hydrogens is 98.1 g/mol. The van der Waals surface area contributed by atoms with Gasteiger partial charge < -0.3 is 0 Å². The molecule has 0 bridgehead atoms. The Morgan fingerprint density at radius 2 is 2.38 bits per heavy atom. The Morgan fingerprint density at radius 1 is 1.50 bits per heavy atom. The Bertz CT molecular complexity index is 367. The van der Waals surface area contributed by atoms with Gasteiger partial charge in [0.15, 0.2) is 0 Å². The fourth-order valence-corrected chi connectivity index (χ4v) is 0.339. The molecule has 0 aliphatic carbocycles. The summed E-state index contributed by atoms with van der Waals surface area (Å²) in [5.41, 5.74) is -0.0269. The minimum absolute atomic E-state index is 0.0269. The van der Waals surface area contributed by atoms with Gasteiger partial charge in [-0.3, -0.25) is 0 Å². The summed E-state index contributed by atoms with van der Waals surface area (Å²) in [6.07, 6.45) is 0. The van der Waals surface area contributed by atoms with Crippen LogP contribution in [0.5, 0.6) is 0 Å². The van der Waals surface area contributed by atoms with E-state index in [1.54, 1.807) is 6.07 Å². The Balaban J connectivity index is 3.52. The Hall–Kier alpha value is -1.29. The third kappa shape index (κ3) is 0.855. The van der Waals surface area contributed by atoms with Crippen molar-refractivity contribution in [3.8, 4) is 6.07 Å². The van der Waals surface area contributed by atoms with Crippen LogP contribution in [-0.4, -0.2) is 0 Å². The van der Waals surface area contributed by atoms with E-state index in [2.05, 4.69) is 0 Å². The van der Waals surface area contributed by atoms with E-state index in [0.717, 1.165) is 6.07 Å². The molecule has 0 unspecified atom stereocenters. The molecule has 38 valence electrons. The van der Waals surface area contributed by atoms with Crippen LogP contribution in [0.25, 0.3) is 0 Å². The lowest BCUT2D eigenvalue weighted by molar-refractivity contribution is 1.49. The van der Waals surface area contributed by atoms with Crippen LogP contribution >= 0.6 is 0 Å². The van der Waals surface area contributed by atoms with Crippen LogP contribution in [0, 0.1) is 11.3 Å². The Labute approximate surface area is 53.8 Å². The number of hydrogen-bond acceptors (Lipinski definition) is 1. The molecule has 0 spiro atoms. The summed E-state index contributed by atoms with van der Waals surface area (Å²) in [5.74, 6) is 0. The third-order valence-electron chi connectivity index (χ3n) is 0.669. The van der Waals surface area contributed by atoms with Gasteiger partial charge in [-0.1, -0.05) is 18.1 Å². The van der Waals surface area contributed by atoms with Gasteiger partial charge in [-0.05, 0) is 12.1 Å². The molecule has 0 aliphatic heterocycles. The zero-order chi connectivity index (χ0) is 9.30. The summed E-state index contributed by atoms with van der Waals surface area (Å²) in [5, 5.41) is 8.46. The van der Waals surface area contributed by atoms with Crippen molar-refractivity contribution in [2.24, 2.45) is 0 Å². The molecule has 0 heterocycles. The van der Waals surface area contributed by atoms with Crippen molar-refractivity contribution < 1.29 is 5.48 Å². The number of nitrogens with zero attached hydrogens (tertiary/aromatic N) is 1. The average molecular weight is 107 g/mol. The zero-order valence-corrected chi connectivity index (χ0v) is 4.02. The Kier molecular flexibility index (Phi) is 0.508. The van der Waals surface area contributed by atoms with Gasteiger partial charge in [-0.25, -0.2) is 0 Å². The van der Waals surface area contributed by atoms with Crippen LogP contribution in [0.15, 0.2) is 30.2 Å². The maximum Gasteiger partial charge on any atom is 0.0991 e. The van der Waals surface area contributed by atoms with Gasteiger partial charge in [0.2, 0.25) is 0 Å². The third-order valence-corrected chi connectivity index (χ3v) is 0.669.